The molecular formula is C12H17N5O. The summed E-state index contributed by atoms with van der Waals surface area (Å²) in [5.74, 6) is 0.0945. The van der Waals surface area contributed by atoms with Crippen LogP contribution in [0.1, 0.15) is 18.3 Å². The predicted octanol–water partition coefficient (Wildman–Crippen LogP) is 0.858. The molecule has 0 aromatic carbocycles. The van der Waals surface area contributed by atoms with Gasteiger partial charge in [0.25, 0.3) is 0 Å². The van der Waals surface area contributed by atoms with Gasteiger partial charge in [-0.25, -0.2) is 14.9 Å². The lowest BCUT2D eigenvalue weighted by molar-refractivity contribution is -0.129. The minimum atomic E-state index is -0.619. The molecule has 1 atom stereocenters. The fourth-order valence-electron chi connectivity index (χ4n) is 1.60. The van der Waals surface area contributed by atoms with Crippen molar-refractivity contribution in [2.24, 2.45) is 0 Å². The molecule has 1 amide bonds. The van der Waals surface area contributed by atoms with Crippen molar-refractivity contribution < 1.29 is 4.79 Å². The Kier molecular flexibility index (Phi) is 4.21. The van der Waals surface area contributed by atoms with Crippen molar-refractivity contribution in [3.8, 4) is 6.19 Å². The molecule has 0 radical (unpaired) electrons. The highest BCUT2D eigenvalue weighted by Gasteiger charge is 2.25. The average molecular weight is 247 g/mol. The maximum atomic E-state index is 11.9. The molecule has 0 saturated heterocycles. The van der Waals surface area contributed by atoms with Crippen molar-refractivity contribution in [1.29, 1.82) is 5.26 Å². The number of hydrogen-bond donors (Lipinski definition) is 0. The molecule has 1 aromatic rings. The van der Waals surface area contributed by atoms with Crippen LogP contribution < -0.4 is 4.90 Å². The van der Waals surface area contributed by atoms with Crippen LogP contribution in [-0.4, -0.2) is 40.9 Å². The van der Waals surface area contributed by atoms with E-state index in [0.29, 0.717) is 0 Å². The number of aromatic nitrogens is 2. The van der Waals surface area contributed by atoms with Crippen LogP contribution >= 0.6 is 0 Å². The van der Waals surface area contributed by atoms with E-state index in [2.05, 4.69) is 9.97 Å². The molecule has 1 heterocycles. The second kappa shape index (κ2) is 5.45. The molecule has 0 aliphatic heterocycles. The molecule has 18 heavy (non-hydrogen) atoms. The molecular weight excluding hydrogens is 230 g/mol. The summed E-state index contributed by atoms with van der Waals surface area (Å²) in [4.78, 5) is 22.9. The summed E-state index contributed by atoms with van der Waals surface area (Å²) >= 11 is 0. The SMILES string of the molecule is Cc1cc(C)nc(N(C#N)[C@@H](C)C(=O)N(C)C)n1. The third kappa shape index (κ3) is 2.94. The lowest BCUT2D eigenvalue weighted by atomic mass is 10.2. The molecule has 96 valence electrons. The summed E-state index contributed by atoms with van der Waals surface area (Å²) in [6.45, 7) is 5.31. The molecule has 0 N–H and O–H groups in total. The largest absolute Gasteiger partial charge is 0.347 e. The Hall–Kier alpha value is -2.16. The van der Waals surface area contributed by atoms with Crippen molar-refractivity contribution in [1.82, 2.24) is 14.9 Å². The highest BCUT2D eigenvalue weighted by molar-refractivity contribution is 5.84. The van der Waals surface area contributed by atoms with Gasteiger partial charge in [0.15, 0.2) is 6.19 Å². The summed E-state index contributed by atoms with van der Waals surface area (Å²) in [5.41, 5.74) is 1.53. The van der Waals surface area contributed by atoms with E-state index in [1.165, 1.54) is 9.80 Å². The Bertz CT molecular complexity index is 471. The van der Waals surface area contributed by atoms with Crippen LogP contribution in [0.5, 0.6) is 0 Å². The van der Waals surface area contributed by atoms with Gasteiger partial charge in [-0.05, 0) is 26.8 Å². The fraction of sp³-hybridized carbons (Fsp3) is 0.500. The Morgan fingerprint density at radius 2 is 1.83 bits per heavy atom. The van der Waals surface area contributed by atoms with E-state index in [-0.39, 0.29) is 11.9 Å². The maximum Gasteiger partial charge on any atom is 0.245 e. The highest BCUT2D eigenvalue weighted by Crippen LogP contribution is 2.13. The number of amides is 1. The van der Waals surface area contributed by atoms with Gasteiger partial charge < -0.3 is 4.90 Å². The normalized spacial score (nSPS) is 11.6. The van der Waals surface area contributed by atoms with Gasteiger partial charge in [0, 0.05) is 25.5 Å². The van der Waals surface area contributed by atoms with Crippen LogP contribution in [0.2, 0.25) is 0 Å². The first kappa shape index (κ1) is 13.9. The van der Waals surface area contributed by atoms with E-state index in [1.54, 1.807) is 21.0 Å². The van der Waals surface area contributed by atoms with Crippen LogP contribution in [0.25, 0.3) is 0 Å². The Balaban J connectivity index is 3.11. The first-order valence-corrected chi connectivity index (χ1v) is 5.59. The minimum absolute atomic E-state index is 0.167. The van der Waals surface area contributed by atoms with Gasteiger partial charge in [-0.3, -0.25) is 4.79 Å². The monoisotopic (exact) mass is 247 g/mol. The molecule has 0 saturated carbocycles. The van der Waals surface area contributed by atoms with Gasteiger partial charge in [-0.1, -0.05) is 0 Å². The predicted molar refractivity (Wildman–Crippen MR) is 67.8 cm³/mol. The summed E-state index contributed by atoms with van der Waals surface area (Å²) in [6.07, 6.45) is 1.97. The van der Waals surface area contributed by atoms with Gasteiger partial charge in [0.2, 0.25) is 11.9 Å². The van der Waals surface area contributed by atoms with E-state index < -0.39 is 6.04 Å². The van der Waals surface area contributed by atoms with Gasteiger partial charge >= 0.3 is 0 Å². The smallest absolute Gasteiger partial charge is 0.245 e. The van der Waals surface area contributed by atoms with Gasteiger partial charge in [0.05, 0.1) is 0 Å². The summed E-state index contributed by atoms with van der Waals surface area (Å²) < 4.78 is 0. The van der Waals surface area contributed by atoms with Gasteiger partial charge in [0.1, 0.15) is 6.04 Å². The number of likely N-dealkylation sites (N-methyl/N-ethyl adjacent to an activating group) is 1. The molecule has 6 nitrogen and oxygen atoms in total. The van der Waals surface area contributed by atoms with E-state index >= 15 is 0 Å². The lowest BCUT2D eigenvalue weighted by Gasteiger charge is -2.23. The average Bonchev–Trinajstić information content (AvgIpc) is 2.27. The van der Waals surface area contributed by atoms with Crippen molar-refractivity contribution in [2.75, 3.05) is 19.0 Å². The van der Waals surface area contributed by atoms with Crippen LogP contribution in [0.3, 0.4) is 0 Å². The van der Waals surface area contributed by atoms with Crippen molar-refractivity contribution >= 4 is 11.9 Å². The first-order valence-electron chi connectivity index (χ1n) is 5.59. The maximum absolute atomic E-state index is 11.9. The number of carbonyl (C=O) groups excluding carboxylic acids is 1. The Labute approximate surface area is 107 Å². The molecule has 0 aliphatic rings. The van der Waals surface area contributed by atoms with Crippen LogP contribution in [0, 0.1) is 25.3 Å². The topological polar surface area (TPSA) is 73.1 Å². The standard InChI is InChI=1S/C12H17N5O/c1-8-6-9(2)15-12(14-8)17(7-13)10(3)11(18)16(4)5/h6,10H,1-5H3/t10-/m0/s1. The highest BCUT2D eigenvalue weighted by atomic mass is 16.2. The van der Waals surface area contributed by atoms with Gasteiger partial charge in [-0.15, -0.1) is 0 Å². The fourth-order valence-corrected chi connectivity index (χ4v) is 1.60. The number of anilines is 1. The molecule has 0 unspecified atom stereocenters. The molecule has 0 fully saturated rings. The molecule has 0 bridgehead atoms. The van der Waals surface area contributed by atoms with Gasteiger partial charge in [-0.2, -0.15) is 5.26 Å². The Morgan fingerprint density at radius 3 is 2.22 bits per heavy atom. The van der Waals surface area contributed by atoms with Crippen LogP contribution in [0.4, 0.5) is 5.95 Å². The second-order valence-corrected chi connectivity index (χ2v) is 4.33. The zero-order valence-electron chi connectivity index (χ0n) is 11.3. The van der Waals surface area contributed by atoms with Crippen molar-refractivity contribution in [2.45, 2.75) is 26.8 Å². The summed E-state index contributed by atoms with van der Waals surface area (Å²) in [7, 11) is 3.30. The third-order valence-corrected chi connectivity index (χ3v) is 2.48. The number of carbonyl (C=O) groups is 1. The Morgan fingerprint density at radius 1 is 1.33 bits per heavy atom. The number of nitriles is 1. The lowest BCUT2D eigenvalue weighted by Crippen LogP contribution is -2.43. The van der Waals surface area contributed by atoms with Crippen LogP contribution in [-0.2, 0) is 4.79 Å². The second-order valence-electron chi connectivity index (χ2n) is 4.33. The van der Waals surface area contributed by atoms with Crippen molar-refractivity contribution in [3.63, 3.8) is 0 Å². The van der Waals surface area contributed by atoms with Crippen LogP contribution in [0.15, 0.2) is 6.07 Å². The zero-order valence-corrected chi connectivity index (χ0v) is 11.3. The summed E-state index contributed by atoms with van der Waals surface area (Å²) in [6, 6.07) is 1.20. The van der Waals surface area contributed by atoms with Crippen molar-refractivity contribution in [3.05, 3.63) is 17.5 Å². The van der Waals surface area contributed by atoms with E-state index in [4.69, 9.17) is 0 Å². The zero-order chi connectivity index (χ0) is 13.9. The molecule has 6 heteroatoms. The third-order valence-electron chi connectivity index (χ3n) is 2.48. The number of hydrogen-bond acceptors (Lipinski definition) is 5. The quantitative estimate of drug-likeness (QED) is 0.585. The summed E-state index contributed by atoms with van der Waals surface area (Å²) in [5, 5.41) is 9.19. The molecule has 1 rings (SSSR count). The molecule has 1 aromatic heterocycles. The number of rotatable bonds is 3. The molecule has 0 aliphatic carbocycles. The van der Waals surface area contributed by atoms with E-state index in [1.807, 2.05) is 26.1 Å². The molecule has 0 spiro atoms. The number of nitrogens with zero attached hydrogens (tertiary/aromatic N) is 5. The first-order chi connectivity index (χ1) is 8.36. The number of aryl methyl sites for hydroxylation is 2. The minimum Gasteiger partial charge on any atom is -0.347 e. The van der Waals surface area contributed by atoms with E-state index in [0.717, 1.165) is 11.4 Å². The van der Waals surface area contributed by atoms with E-state index in [9.17, 15) is 10.1 Å².